The number of para-hydroxylation sites is 1. The van der Waals surface area contributed by atoms with Crippen molar-refractivity contribution in [2.24, 2.45) is 0 Å². The van der Waals surface area contributed by atoms with Crippen LogP contribution in [-0.2, 0) is 4.74 Å². The average Bonchev–Trinajstić information content (AvgIpc) is 2.50. The first kappa shape index (κ1) is 14.4. The molecule has 0 aliphatic heterocycles. The number of anilines is 1. The van der Waals surface area contributed by atoms with E-state index >= 15 is 0 Å². The van der Waals surface area contributed by atoms with Crippen LogP contribution in [0.25, 0.3) is 0 Å². The molecule has 0 atom stereocenters. The van der Waals surface area contributed by atoms with Gasteiger partial charge >= 0.3 is 5.97 Å². The number of rotatable bonds is 3. The van der Waals surface area contributed by atoms with E-state index < -0.39 is 5.97 Å². The fourth-order valence-corrected chi connectivity index (χ4v) is 1.82. The molecule has 5 nitrogen and oxygen atoms in total. The second kappa shape index (κ2) is 5.97. The molecule has 2 N–H and O–H groups in total. The van der Waals surface area contributed by atoms with Gasteiger partial charge in [0.1, 0.15) is 5.75 Å². The Hall–Kier alpha value is -3.00. The predicted molar refractivity (Wildman–Crippen MR) is 78.2 cm³/mol. The Kier molecular flexibility index (Phi) is 4.10. The summed E-state index contributed by atoms with van der Waals surface area (Å²) in [5, 5.41) is 8.93. The van der Waals surface area contributed by atoms with Gasteiger partial charge in [0.25, 0.3) is 0 Å². The van der Waals surface area contributed by atoms with Crippen molar-refractivity contribution in [3.05, 3.63) is 53.1 Å². The fraction of sp³-hybridized carbons (Fsp3) is 0.125. The molecule has 0 unspecified atom stereocenters. The van der Waals surface area contributed by atoms with Crippen molar-refractivity contribution < 1.29 is 14.3 Å². The van der Waals surface area contributed by atoms with Crippen LogP contribution in [0.2, 0.25) is 0 Å². The van der Waals surface area contributed by atoms with Crippen LogP contribution in [0.3, 0.4) is 0 Å². The largest absolute Gasteiger partial charge is 0.465 e. The first-order valence-corrected chi connectivity index (χ1v) is 6.22. The highest BCUT2D eigenvalue weighted by atomic mass is 16.5. The Balaban J connectivity index is 2.41. The molecule has 0 fully saturated rings. The maximum Gasteiger partial charge on any atom is 0.340 e. The number of nitriles is 1. The molecule has 0 spiro atoms. The molecule has 2 aromatic rings. The molecule has 0 amide bonds. The molecule has 21 heavy (non-hydrogen) atoms. The van der Waals surface area contributed by atoms with Crippen molar-refractivity contribution in [1.82, 2.24) is 0 Å². The van der Waals surface area contributed by atoms with Gasteiger partial charge in [0.15, 0.2) is 5.75 Å². The highest BCUT2D eigenvalue weighted by Gasteiger charge is 2.14. The first-order valence-electron chi connectivity index (χ1n) is 6.22. The van der Waals surface area contributed by atoms with Crippen LogP contribution in [0.15, 0.2) is 36.4 Å². The normalized spacial score (nSPS) is 9.76. The van der Waals surface area contributed by atoms with E-state index in [1.165, 1.54) is 7.11 Å². The minimum atomic E-state index is -0.527. The Labute approximate surface area is 122 Å². The van der Waals surface area contributed by atoms with Crippen LogP contribution < -0.4 is 10.5 Å². The summed E-state index contributed by atoms with van der Waals surface area (Å²) in [6.07, 6.45) is 0. The standard InChI is InChI=1S/C16H14N2O3/c1-10-6-7-11(9-17)8-14(10)21-13-5-3-4-12(15(13)18)16(19)20-2/h3-8H,18H2,1-2H3. The van der Waals surface area contributed by atoms with E-state index in [1.807, 2.05) is 13.0 Å². The summed E-state index contributed by atoms with van der Waals surface area (Å²) in [6.45, 7) is 1.86. The van der Waals surface area contributed by atoms with Crippen molar-refractivity contribution in [1.29, 1.82) is 5.26 Å². The maximum absolute atomic E-state index is 11.6. The van der Waals surface area contributed by atoms with E-state index in [0.717, 1.165) is 5.56 Å². The zero-order chi connectivity index (χ0) is 15.4. The highest BCUT2D eigenvalue weighted by Crippen LogP contribution is 2.32. The molecule has 5 heteroatoms. The van der Waals surface area contributed by atoms with Crippen LogP contribution in [0.1, 0.15) is 21.5 Å². The van der Waals surface area contributed by atoms with E-state index in [1.54, 1.807) is 36.4 Å². The molecule has 0 aromatic heterocycles. The quantitative estimate of drug-likeness (QED) is 0.690. The lowest BCUT2D eigenvalue weighted by Gasteiger charge is -2.13. The number of nitrogens with zero attached hydrogens (tertiary/aromatic N) is 1. The second-order valence-electron chi connectivity index (χ2n) is 4.40. The number of hydrogen-bond donors (Lipinski definition) is 1. The number of methoxy groups -OCH3 is 1. The molecule has 0 aliphatic carbocycles. The molecule has 2 aromatic carbocycles. The number of ether oxygens (including phenoxy) is 2. The predicted octanol–water partition coefficient (Wildman–Crippen LogP) is 3.03. The van der Waals surface area contributed by atoms with Crippen LogP contribution in [0.4, 0.5) is 5.69 Å². The summed E-state index contributed by atoms with van der Waals surface area (Å²) >= 11 is 0. The fourth-order valence-electron chi connectivity index (χ4n) is 1.82. The minimum absolute atomic E-state index is 0.200. The molecule has 0 aliphatic rings. The zero-order valence-electron chi connectivity index (χ0n) is 11.7. The van der Waals surface area contributed by atoms with E-state index in [0.29, 0.717) is 17.1 Å². The number of nitrogen functional groups attached to an aromatic ring is 1. The number of carbonyl (C=O) groups excluding carboxylic acids is 1. The lowest BCUT2D eigenvalue weighted by molar-refractivity contribution is 0.0601. The van der Waals surface area contributed by atoms with E-state index in [4.69, 9.17) is 15.7 Å². The number of esters is 1. The Morgan fingerprint density at radius 1 is 1.24 bits per heavy atom. The smallest absolute Gasteiger partial charge is 0.340 e. The number of benzene rings is 2. The summed E-state index contributed by atoms with van der Waals surface area (Å²) in [6, 6.07) is 12.0. The molecular weight excluding hydrogens is 268 g/mol. The third-order valence-electron chi connectivity index (χ3n) is 3.01. The van der Waals surface area contributed by atoms with Gasteiger partial charge in [-0.25, -0.2) is 4.79 Å². The van der Waals surface area contributed by atoms with Gasteiger partial charge in [-0.05, 0) is 36.8 Å². The van der Waals surface area contributed by atoms with Crippen LogP contribution >= 0.6 is 0 Å². The van der Waals surface area contributed by atoms with Gasteiger partial charge in [0.2, 0.25) is 0 Å². The van der Waals surface area contributed by atoms with Gasteiger partial charge in [-0.15, -0.1) is 0 Å². The molecule has 0 bridgehead atoms. The van der Waals surface area contributed by atoms with E-state index in [-0.39, 0.29) is 11.3 Å². The number of carbonyl (C=O) groups is 1. The lowest BCUT2D eigenvalue weighted by atomic mass is 10.1. The van der Waals surface area contributed by atoms with Crippen molar-refractivity contribution >= 4 is 11.7 Å². The maximum atomic E-state index is 11.6. The first-order chi connectivity index (χ1) is 10.1. The zero-order valence-corrected chi connectivity index (χ0v) is 11.7. The van der Waals surface area contributed by atoms with Gasteiger partial charge in [-0.1, -0.05) is 12.1 Å². The average molecular weight is 282 g/mol. The summed E-state index contributed by atoms with van der Waals surface area (Å²) in [4.78, 5) is 11.6. The van der Waals surface area contributed by atoms with Crippen LogP contribution in [0, 0.1) is 18.3 Å². The van der Waals surface area contributed by atoms with Crippen molar-refractivity contribution in [2.45, 2.75) is 6.92 Å². The molecule has 0 saturated heterocycles. The molecule has 106 valence electrons. The molecule has 0 heterocycles. The van der Waals surface area contributed by atoms with Crippen molar-refractivity contribution in [2.75, 3.05) is 12.8 Å². The monoisotopic (exact) mass is 282 g/mol. The number of nitrogens with two attached hydrogens (primary N) is 1. The van der Waals surface area contributed by atoms with Gasteiger partial charge in [-0.2, -0.15) is 5.26 Å². The van der Waals surface area contributed by atoms with Gasteiger partial charge in [0, 0.05) is 0 Å². The van der Waals surface area contributed by atoms with Gasteiger partial charge in [-0.3, -0.25) is 0 Å². The second-order valence-corrected chi connectivity index (χ2v) is 4.40. The van der Waals surface area contributed by atoms with Crippen molar-refractivity contribution in [3.8, 4) is 17.6 Å². The summed E-state index contributed by atoms with van der Waals surface area (Å²) < 4.78 is 10.4. The highest BCUT2D eigenvalue weighted by molar-refractivity contribution is 5.96. The third kappa shape index (κ3) is 2.95. The van der Waals surface area contributed by atoms with Gasteiger partial charge < -0.3 is 15.2 Å². The summed E-state index contributed by atoms with van der Waals surface area (Å²) in [5.41, 5.74) is 7.72. The SMILES string of the molecule is COC(=O)c1cccc(Oc2cc(C#N)ccc2C)c1N. The molecule has 0 radical (unpaired) electrons. The van der Waals surface area contributed by atoms with Crippen LogP contribution in [-0.4, -0.2) is 13.1 Å². The Morgan fingerprint density at radius 3 is 2.67 bits per heavy atom. The van der Waals surface area contributed by atoms with E-state index in [2.05, 4.69) is 4.74 Å². The Bertz CT molecular complexity index is 733. The Morgan fingerprint density at radius 2 is 2.00 bits per heavy atom. The van der Waals surface area contributed by atoms with Gasteiger partial charge in [0.05, 0.1) is 30.0 Å². The summed E-state index contributed by atoms with van der Waals surface area (Å²) in [5.74, 6) is 0.333. The van der Waals surface area contributed by atoms with Crippen molar-refractivity contribution in [3.63, 3.8) is 0 Å². The topological polar surface area (TPSA) is 85.3 Å². The molecule has 2 rings (SSSR count). The number of aryl methyl sites for hydroxylation is 1. The third-order valence-corrected chi connectivity index (χ3v) is 3.01. The summed E-state index contributed by atoms with van der Waals surface area (Å²) in [7, 11) is 1.29. The lowest BCUT2D eigenvalue weighted by Crippen LogP contribution is -2.06. The van der Waals surface area contributed by atoms with E-state index in [9.17, 15) is 4.79 Å². The molecule has 0 saturated carbocycles. The molecular formula is C16H14N2O3. The number of hydrogen-bond acceptors (Lipinski definition) is 5. The minimum Gasteiger partial charge on any atom is -0.465 e. The van der Waals surface area contributed by atoms with Crippen LogP contribution in [0.5, 0.6) is 11.5 Å².